The van der Waals surface area contributed by atoms with Gasteiger partial charge in [0.2, 0.25) is 11.8 Å². The van der Waals surface area contributed by atoms with Crippen LogP contribution in [0.5, 0.6) is 0 Å². The van der Waals surface area contributed by atoms with Crippen molar-refractivity contribution in [3.8, 4) is 0 Å². The van der Waals surface area contributed by atoms with Crippen molar-refractivity contribution in [3.05, 3.63) is 69.7 Å². The van der Waals surface area contributed by atoms with E-state index in [-0.39, 0.29) is 35.6 Å². The smallest absolute Gasteiger partial charge is 0.253 e. The summed E-state index contributed by atoms with van der Waals surface area (Å²) in [6, 6.07) is 14.4. The molecule has 0 radical (unpaired) electrons. The summed E-state index contributed by atoms with van der Waals surface area (Å²) in [4.78, 5) is 35.9. The number of rotatable bonds is 9. The minimum atomic E-state index is -0.499. The van der Waals surface area contributed by atoms with Crippen molar-refractivity contribution in [3.63, 3.8) is 0 Å². The fourth-order valence-corrected chi connectivity index (χ4v) is 3.09. The molecule has 0 saturated carbocycles. The van der Waals surface area contributed by atoms with Crippen molar-refractivity contribution in [2.75, 3.05) is 13.1 Å². The van der Waals surface area contributed by atoms with E-state index < -0.39 is 11.8 Å². The Morgan fingerprint density at radius 3 is 2.31 bits per heavy atom. The minimum absolute atomic E-state index is 0.0219. The molecule has 2 aromatic rings. The van der Waals surface area contributed by atoms with Gasteiger partial charge in [0.1, 0.15) is 0 Å². The van der Waals surface area contributed by atoms with Crippen LogP contribution < -0.4 is 16.0 Å². The highest BCUT2D eigenvalue weighted by Crippen LogP contribution is 2.20. The van der Waals surface area contributed by atoms with Gasteiger partial charge < -0.3 is 16.0 Å². The Morgan fingerprint density at radius 1 is 0.931 bits per heavy atom. The third-order valence-corrected chi connectivity index (χ3v) is 4.70. The third kappa shape index (κ3) is 8.13. The predicted octanol–water partition coefficient (Wildman–Crippen LogP) is 2.98. The van der Waals surface area contributed by atoms with Crippen LogP contribution in [0.1, 0.15) is 29.3 Å². The fraction of sp³-hybridized carbons (Fsp3) is 0.286. The van der Waals surface area contributed by atoms with Crippen molar-refractivity contribution in [2.24, 2.45) is 0 Å². The number of nitrogens with one attached hydrogen (secondary N) is 3. The van der Waals surface area contributed by atoms with Gasteiger partial charge in [-0.05, 0) is 43.5 Å². The molecule has 0 spiro atoms. The van der Waals surface area contributed by atoms with Gasteiger partial charge in [-0.25, -0.2) is 0 Å². The molecule has 8 heteroatoms. The third-order valence-electron chi connectivity index (χ3n) is 4.15. The number of hydrogen-bond donors (Lipinski definition) is 3. The van der Waals surface area contributed by atoms with Gasteiger partial charge in [-0.1, -0.05) is 53.5 Å². The first-order chi connectivity index (χ1) is 13.8. The summed E-state index contributed by atoms with van der Waals surface area (Å²) >= 11 is 11.7. The van der Waals surface area contributed by atoms with Gasteiger partial charge in [0.05, 0.1) is 23.7 Å². The molecule has 1 atom stereocenters. The first kappa shape index (κ1) is 22.7. The number of hydrogen-bond acceptors (Lipinski definition) is 3. The normalized spacial score (nSPS) is 11.4. The number of amides is 3. The van der Waals surface area contributed by atoms with E-state index in [1.54, 1.807) is 0 Å². The van der Waals surface area contributed by atoms with Crippen LogP contribution in [0.3, 0.4) is 0 Å². The summed E-state index contributed by atoms with van der Waals surface area (Å²) in [5.74, 6) is -1.26. The van der Waals surface area contributed by atoms with Crippen LogP contribution in [-0.4, -0.2) is 36.9 Å². The van der Waals surface area contributed by atoms with Crippen molar-refractivity contribution in [1.29, 1.82) is 0 Å². The van der Waals surface area contributed by atoms with Crippen LogP contribution in [0.25, 0.3) is 0 Å². The average molecular weight is 436 g/mol. The Morgan fingerprint density at radius 2 is 1.62 bits per heavy atom. The zero-order valence-electron chi connectivity index (χ0n) is 16.0. The number of benzene rings is 2. The van der Waals surface area contributed by atoms with Gasteiger partial charge in [0.15, 0.2) is 0 Å². The number of carbonyl (C=O) groups is 3. The summed E-state index contributed by atoms with van der Waals surface area (Å²) in [6.45, 7) is 1.49. The quantitative estimate of drug-likeness (QED) is 0.565. The van der Waals surface area contributed by atoms with E-state index in [9.17, 15) is 14.4 Å². The first-order valence-corrected chi connectivity index (χ1v) is 9.94. The summed E-state index contributed by atoms with van der Waals surface area (Å²) in [6.07, 6.45) is 1.65. The van der Waals surface area contributed by atoms with Crippen molar-refractivity contribution >= 4 is 40.9 Å². The van der Waals surface area contributed by atoms with E-state index in [1.165, 1.54) is 23.8 Å². The lowest BCUT2D eigenvalue weighted by molar-refractivity contribution is -0.125. The molecule has 0 aliphatic heterocycles. The molecule has 0 aromatic heterocycles. The lowest BCUT2D eigenvalue weighted by Gasteiger charge is -2.14. The maximum absolute atomic E-state index is 12.1. The van der Waals surface area contributed by atoms with Gasteiger partial charge in [-0.2, -0.15) is 0 Å². The topological polar surface area (TPSA) is 87.3 Å². The average Bonchev–Trinajstić information content (AvgIpc) is 2.69. The lowest BCUT2D eigenvalue weighted by atomic mass is 10.1. The van der Waals surface area contributed by atoms with Gasteiger partial charge in [-0.15, -0.1) is 0 Å². The number of aryl methyl sites for hydroxylation is 1. The Hall–Kier alpha value is -2.57. The van der Waals surface area contributed by atoms with E-state index >= 15 is 0 Å². The minimum Gasteiger partial charge on any atom is -0.352 e. The van der Waals surface area contributed by atoms with Gasteiger partial charge in [0.25, 0.3) is 5.91 Å². The SMILES string of the molecule is CC(CCc1ccccc1)NC(=O)CNC(=O)CNC(=O)c1ccc(Cl)cc1Cl. The Balaban J connectivity index is 1.66. The molecule has 2 aromatic carbocycles. The lowest BCUT2D eigenvalue weighted by Crippen LogP contribution is -2.44. The van der Waals surface area contributed by atoms with Crippen LogP contribution in [0.15, 0.2) is 48.5 Å². The monoisotopic (exact) mass is 435 g/mol. The van der Waals surface area contributed by atoms with Crippen molar-refractivity contribution < 1.29 is 14.4 Å². The van der Waals surface area contributed by atoms with E-state index in [0.717, 1.165) is 12.8 Å². The molecular weight excluding hydrogens is 413 g/mol. The van der Waals surface area contributed by atoms with E-state index in [2.05, 4.69) is 16.0 Å². The molecule has 0 aliphatic carbocycles. The molecule has 0 saturated heterocycles. The molecule has 3 amide bonds. The molecule has 29 heavy (non-hydrogen) atoms. The zero-order chi connectivity index (χ0) is 21.2. The van der Waals surface area contributed by atoms with Crippen LogP contribution in [-0.2, 0) is 16.0 Å². The number of halogens is 2. The van der Waals surface area contributed by atoms with Gasteiger partial charge in [0, 0.05) is 11.1 Å². The highest BCUT2D eigenvalue weighted by molar-refractivity contribution is 6.36. The van der Waals surface area contributed by atoms with Crippen LogP contribution >= 0.6 is 23.2 Å². The molecule has 154 valence electrons. The van der Waals surface area contributed by atoms with Gasteiger partial charge in [-0.3, -0.25) is 14.4 Å². The molecular formula is C21H23Cl2N3O3. The predicted molar refractivity (Wildman–Crippen MR) is 114 cm³/mol. The summed E-state index contributed by atoms with van der Waals surface area (Å²) in [5, 5.41) is 8.37. The molecule has 1 unspecified atom stereocenters. The summed E-state index contributed by atoms with van der Waals surface area (Å²) < 4.78 is 0. The largest absolute Gasteiger partial charge is 0.352 e. The molecule has 6 nitrogen and oxygen atoms in total. The second-order valence-corrected chi connectivity index (χ2v) is 7.42. The highest BCUT2D eigenvalue weighted by atomic mass is 35.5. The van der Waals surface area contributed by atoms with E-state index in [0.29, 0.717) is 5.02 Å². The molecule has 0 aliphatic rings. The Bertz CT molecular complexity index is 860. The van der Waals surface area contributed by atoms with E-state index in [4.69, 9.17) is 23.2 Å². The summed E-state index contributed by atoms with van der Waals surface area (Å²) in [7, 11) is 0. The first-order valence-electron chi connectivity index (χ1n) is 9.18. The Kier molecular flexibility index (Phi) is 8.96. The molecule has 0 heterocycles. The zero-order valence-corrected chi connectivity index (χ0v) is 17.5. The maximum atomic E-state index is 12.1. The standard InChI is InChI=1S/C21H23Cl2N3O3/c1-14(7-8-15-5-3-2-4-6-15)26-20(28)13-24-19(27)12-25-21(29)17-10-9-16(22)11-18(17)23/h2-6,9-11,14H,7-8,12-13H2,1H3,(H,24,27)(H,25,29)(H,26,28). The fourth-order valence-electron chi connectivity index (χ4n) is 2.60. The molecule has 3 N–H and O–H groups in total. The molecule has 0 fully saturated rings. The molecule has 0 bridgehead atoms. The van der Waals surface area contributed by atoms with Crippen molar-refractivity contribution in [2.45, 2.75) is 25.8 Å². The number of carbonyl (C=O) groups excluding carboxylic acids is 3. The molecule has 2 rings (SSSR count). The Labute approximate surface area is 180 Å². The summed E-state index contributed by atoms with van der Waals surface area (Å²) in [5.41, 5.74) is 1.42. The van der Waals surface area contributed by atoms with Crippen LogP contribution in [0, 0.1) is 0 Å². The maximum Gasteiger partial charge on any atom is 0.253 e. The van der Waals surface area contributed by atoms with Crippen LogP contribution in [0.2, 0.25) is 10.0 Å². The second kappa shape index (κ2) is 11.4. The second-order valence-electron chi connectivity index (χ2n) is 6.58. The van der Waals surface area contributed by atoms with Crippen molar-refractivity contribution in [1.82, 2.24) is 16.0 Å². The van der Waals surface area contributed by atoms with Crippen LogP contribution in [0.4, 0.5) is 0 Å². The van der Waals surface area contributed by atoms with E-state index in [1.807, 2.05) is 37.3 Å². The highest BCUT2D eigenvalue weighted by Gasteiger charge is 2.13. The van der Waals surface area contributed by atoms with Gasteiger partial charge >= 0.3 is 0 Å².